The number of esters is 2. The second kappa shape index (κ2) is 19.9. The lowest BCUT2D eigenvalue weighted by atomic mass is 9.96. The normalized spacial score (nSPS) is 11.1. The van der Waals surface area contributed by atoms with E-state index in [0.717, 1.165) is 38.5 Å². The number of hydrogen-bond acceptors (Lipinski definition) is 4. The van der Waals surface area contributed by atoms with Gasteiger partial charge in [0.15, 0.2) is 0 Å². The monoisotopic (exact) mass is 572 g/mol. The number of methoxy groups -OCH3 is 2. The van der Waals surface area contributed by atoms with Gasteiger partial charge in [-0.1, -0.05) is 125 Å². The van der Waals surface area contributed by atoms with Crippen LogP contribution in [0.25, 0.3) is 33.7 Å². The number of carbonyl (C=O) groups excluding carboxylic acids is 2. The Morgan fingerprint density at radius 3 is 1.07 bits per heavy atom. The zero-order valence-electron chi connectivity index (χ0n) is 26.1. The zero-order valence-corrected chi connectivity index (χ0v) is 26.1. The smallest absolute Gasteiger partial charge is 0.305 e. The van der Waals surface area contributed by atoms with E-state index in [4.69, 9.17) is 9.47 Å². The molecule has 0 aliphatic heterocycles. The van der Waals surface area contributed by atoms with Crippen molar-refractivity contribution >= 4 is 45.6 Å². The van der Waals surface area contributed by atoms with Gasteiger partial charge in [-0.2, -0.15) is 0 Å². The molecule has 0 aliphatic rings. The Kier molecular flexibility index (Phi) is 15.8. The molecule has 228 valence electrons. The van der Waals surface area contributed by atoms with Gasteiger partial charge in [-0.15, -0.1) is 0 Å². The fourth-order valence-corrected chi connectivity index (χ4v) is 5.93. The van der Waals surface area contributed by atoms with Crippen LogP contribution in [0.15, 0.2) is 48.5 Å². The summed E-state index contributed by atoms with van der Waals surface area (Å²) in [6.45, 7) is 0. The average Bonchev–Trinajstić information content (AvgIpc) is 3.02. The largest absolute Gasteiger partial charge is 0.469 e. The van der Waals surface area contributed by atoms with Crippen LogP contribution in [0.5, 0.6) is 0 Å². The van der Waals surface area contributed by atoms with Crippen molar-refractivity contribution in [3.8, 4) is 0 Å². The maximum absolute atomic E-state index is 11.2. The van der Waals surface area contributed by atoms with Crippen molar-refractivity contribution in [2.24, 2.45) is 0 Å². The Hall–Kier alpha value is -3.14. The zero-order chi connectivity index (χ0) is 29.8. The first-order valence-electron chi connectivity index (χ1n) is 16.4. The lowest BCUT2D eigenvalue weighted by molar-refractivity contribution is -0.141. The summed E-state index contributed by atoms with van der Waals surface area (Å²) in [5, 5.41) is 8.21. The Morgan fingerprint density at radius 1 is 0.476 bits per heavy atom. The molecule has 42 heavy (non-hydrogen) atoms. The molecule has 4 nitrogen and oxygen atoms in total. The molecular formula is C38H52O4. The first kappa shape index (κ1) is 33.4. The van der Waals surface area contributed by atoms with E-state index in [9.17, 15) is 9.59 Å². The minimum atomic E-state index is -0.0931. The molecule has 0 atom stereocenters. The van der Waals surface area contributed by atoms with Gasteiger partial charge in [0.05, 0.1) is 14.2 Å². The SMILES string of the molecule is COC(=O)CCCCCCCCCC=c1c2ccccc2c(=CCCCCCCCCCC(=O)OC)c2ccccc12. The van der Waals surface area contributed by atoms with E-state index in [0.29, 0.717) is 12.8 Å². The number of benzene rings is 3. The molecule has 0 unspecified atom stereocenters. The van der Waals surface area contributed by atoms with Crippen LogP contribution in [0.2, 0.25) is 0 Å². The summed E-state index contributed by atoms with van der Waals surface area (Å²) in [5.41, 5.74) is 0. The molecule has 0 aliphatic carbocycles. The molecule has 0 bridgehead atoms. The van der Waals surface area contributed by atoms with Crippen LogP contribution in [0.3, 0.4) is 0 Å². The van der Waals surface area contributed by atoms with Crippen molar-refractivity contribution in [1.82, 2.24) is 0 Å². The molecule has 0 heterocycles. The molecule has 0 spiro atoms. The van der Waals surface area contributed by atoms with Crippen LogP contribution in [0.4, 0.5) is 0 Å². The van der Waals surface area contributed by atoms with Crippen LogP contribution >= 0.6 is 0 Å². The van der Waals surface area contributed by atoms with E-state index in [-0.39, 0.29) is 11.9 Å². The number of unbranched alkanes of at least 4 members (excludes halogenated alkanes) is 14. The molecule has 0 aromatic heterocycles. The molecule has 0 amide bonds. The molecule has 0 saturated carbocycles. The third kappa shape index (κ3) is 11.3. The van der Waals surface area contributed by atoms with Gasteiger partial charge in [-0.25, -0.2) is 0 Å². The van der Waals surface area contributed by atoms with Crippen molar-refractivity contribution in [3.63, 3.8) is 0 Å². The fraction of sp³-hybridized carbons (Fsp3) is 0.526. The van der Waals surface area contributed by atoms with Gasteiger partial charge in [0, 0.05) is 12.8 Å². The topological polar surface area (TPSA) is 52.6 Å². The predicted octanol–water partition coefficient (Wildman–Crippen LogP) is 8.92. The second-order valence-electron chi connectivity index (χ2n) is 11.5. The quantitative estimate of drug-likeness (QED) is 0.0770. The van der Waals surface area contributed by atoms with E-state index in [1.807, 2.05) is 0 Å². The summed E-state index contributed by atoms with van der Waals surface area (Å²) in [4.78, 5) is 22.4. The maximum atomic E-state index is 11.2. The van der Waals surface area contributed by atoms with Crippen LogP contribution in [0.1, 0.15) is 116 Å². The summed E-state index contributed by atoms with van der Waals surface area (Å²) in [5.74, 6) is -0.186. The Morgan fingerprint density at radius 2 is 0.762 bits per heavy atom. The second-order valence-corrected chi connectivity index (χ2v) is 11.5. The summed E-state index contributed by atoms with van der Waals surface area (Å²) >= 11 is 0. The van der Waals surface area contributed by atoms with E-state index in [1.165, 1.54) is 110 Å². The molecule has 3 aromatic rings. The number of carbonyl (C=O) groups is 2. The maximum Gasteiger partial charge on any atom is 0.305 e. The van der Waals surface area contributed by atoms with E-state index in [2.05, 4.69) is 60.7 Å². The lowest BCUT2D eigenvalue weighted by Gasteiger charge is -2.08. The molecule has 4 heteroatoms. The van der Waals surface area contributed by atoms with Gasteiger partial charge in [-0.05, 0) is 70.5 Å². The molecule has 3 rings (SSSR count). The summed E-state index contributed by atoms with van der Waals surface area (Å²) in [6, 6.07) is 17.8. The molecule has 0 N–H and O–H groups in total. The summed E-state index contributed by atoms with van der Waals surface area (Å²) in [7, 11) is 2.92. The minimum Gasteiger partial charge on any atom is -0.469 e. The highest BCUT2D eigenvalue weighted by Gasteiger charge is 2.05. The third-order valence-corrected chi connectivity index (χ3v) is 8.34. The Labute approximate surface area is 253 Å². The van der Waals surface area contributed by atoms with Crippen LogP contribution in [0, 0.1) is 0 Å². The average molecular weight is 573 g/mol. The van der Waals surface area contributed by atoms with Crippen LogP contribution in [-0.2, 0) is 19.1 Å². The van der Waals surface area contributed by atoms with E-state index < -0.39 is 0 Å². The summed E-state index contributed by atoms with van der Waals surface area (Å²) < 4.78 is 9.43. The Bertz CT molecular complexity index is 1190. The first-order chi connectivity index (χ1) is 20.7. The molecule has 0 radical (unpaired) electrons. The number of ether oxygens (including phenoxy) is 2. The predicted molar refractivity (Wildman–Crippen MR) is 177 cm³/mol. The lowest BCUT2D eigenvalue weighted by Crippen LogP contribution is -2.14. The number of hydrogen-bond donors (Lipinski definition) is 0. The summed E-state index contributed by atoms with van der Waals surface area (Å²) in [6.07, 6.45) is 24.7. The van der Waals surface area contributed by atoms with Crippen molar-refractivity contribution in [3.05, 3.63) is 59.0 Å². The van der Waals surface area contributed by atoms with Gasteiger partial charge >= 0.3 is 11.9 Å². The molecular weight excluding hydrogens is 520 g/mol. The third-order valence-electron chi connectivity index (χ3n) is 8.34. The van der Waals surface area contributed by atoms with Crippen molar-refractivity contribution in [2.45, 2.75) is 116 Å². The van der Waals surface area contributed by atoms with Crippen LogP contribution < -0.4 is 10.4 Å². The van der Waals surface area contributed by atoms with E-state index >= 15 is 0 Å². The van der Waals surface area contributed by atoms with Crippen LogP contribution in [-0.4, -0.2) is 26.2 Å². The van der Waals surface area contributed by atoms with Crippen molar-refractivity contribution < 1.29 is 19.1 Å². The highest BCUT2D eigenvalue weighted by Crippen LogP contribution is 2.16. The molecule has 0 fully saturated rings. The van der Waals surface area contributed by atoms with Gasteiger partial charge in [-0.3, -0.25) is 9.59 Å². The highest BCUT2D eigenvalue weighted by molar-refractivity contribution is 6.00. The standard InChI is InChI=1S/C38H52O4/c1-41-37(39)29-17-13-9-5-3-7-11-15-23-31-33-25-19-21-27-35(33)32(36-28-22-20-26-34(31)36)24-16-12-8-4-6-10-14-18-30-38(40)42-2/h19-28H,3-18,29-30H2,1-2H3. The Balaban J connectivity index is 1.54. The van der Waals surface area contributed by atoms with Gasteiger partial charge in [0.2, 0.25) is 0 Å². The highest BCUT2D eigenvalue weighted by atomic mass is 16.5. The fourth-order valence-electron chi connectivity index (χ4n) is 5.93. The van der Waals surface area contributed by atoms with Gasteiger partial charge in [0.1, 0.15) is 0 Å². The van der Waals surface area contributed by atoms with Gasteiger partial charge < -0.3 is 9.47 Å². The van der Waals surface area contributed by atoms with Gasteiger partial charge in [0.25, 0.3) is 0 Å². The first-order valence-corrected chi connectivity index (χ1v) is 16.4. The van der Waals surface area contributed by atoms with Crippen molar-refractivity contribution in [1.29, 1.82) is 0 Å². The minimum absolute atomic E-state index is 0.0931. The number of fused-ring (bicyclic) bond motifs is 2. The molecule has 3 aromatic carbocycles. The van der Waals surface area contributed by atoms with E-state index in [1.54, 1.807) is 0 Å². The molecule has 0 saturated heterocycles. The number of rotatable bonds is 20. The van der Waals surface area contributed by atoms with Crippen molar-refractivity contribution in [2.75, 3.05) is 14.2 Å².